The summed E-state index contributed by atoms with van der Waals surface area (Å²) in [5, 5.41) is 5.07. The molecule has 1 aliphatic rings. The van der Waals surface area contributed by atoms with Crippen molar-refractivity contribution >= 4 is 44.0 Å². The number of carbonyl (C=O) groups is 1. The zero-order chi connectivity index (χ0) is 21.1. The molecule has 30 heavy (non-hydrogen) atoms. The summed E-state index contributed by atoms with van der Waals surface area (Å²) in [6.07, 6.45) is 0.0315. The number of thiazole rings is 1. The molecule has 8 nitrogen and oxygen atoms in total. The second kappa shape index (κ2) is 8.50. The molecule has 3 aromatic rings. The van der Waals surface area contributed by atoms with Gasteiger partial charge in [-0.25, -0.2) is 13.4 Å². The first kappa shape index (κ1) is 20.5. The second-order valence-electron chi connectivity index (χ2n) is 6.34. The highest BCUT2D eigenvalue weighted by molar-refractivity contribution is 7.93. The number of hydrogen-bond acceptors (Lipinski definition) is 7. The van der Waals surface area contributed by atoms with E-state index in [0.29, 0.717) is 28.8 Å². The minimum atomic E-state index is -3.78. The van der Waals surface area contributed by atoms with Gasteiger partial charge in [-0.3, -0.25) is 9.52 Å². The molecule has 0 saturated carbocycles. The Morgan fingerprint density at radius 2 is 1.90 bits per heavy atom. The quantitative estimate of drug-likeness (QED) is 0.555. The molecule has 0 aliphatic carbocycles. The van der Waals surface area contributed by atoms with Crippen LogP contribution in [0.4, 0.5) is 5.13 Å². The third-order valence-electron chi connectivity index (χ3n) is 4.17. The first-order valence-corrected chi connectivity index (χ1v) is 11.5. The number of nitrogens with zero attached hydrogens (tertiary/aromatic N) is 1. The summed E-state index contributed by atoms with van der Waals surface area (Å²) in [7, 11) is -3.78. The van der Waals surface area contributed by atoms with Gasteiger partial charge in [-0.2, -0.15) is 0 Å². The fourth-order valence-corrected chi connectivity index (χ4v) is 4.79. The maximum absolute atomic E-state index is 12.4. The number of rotatable bonds is 7. The molecular weight excluding hydrogens is 450 g/mol. The van der Waals surface area contributed by atoms with Crippen molar-refractivity contribution in [2.24, 2.45) is 0 Å². The number of sulfonamides is 1. The lowest BCUT2D eigenvalue weighted by Gasteiger charge is -2.06. The minimum Gasteiger partial charge on any atom is -0.454 e. The van der Waals surface area contributed by atoms with E-state index in [0.717, 1.165) is 16.9 Å². The van der Waals surface area contributed by atoms with Crippen molar-refractivity contribution in [3.8, 4) is 11.5 Å². The van der Waals surface area contributed by atoms with Crippen LogP contribution in [0.5, 0.6) is 11.5 Å². The highest BCUT2D eigenvalue weighted by atomic mass is 35.5. The number of fused-ring (bicyclic) bond motifs is 1. The van der Waals surface area contributed by atoms with Crippen molar-refractivity contribution in [3.63, 3.8) is 0 Å². The van der Waals surface area contributed by atoms with Gasteiger partial charge in [0.15, 0.2) is 16.6 Å². The van der Waals surface area contributed by atoms with Gasteiger partial charge in [0.05, 0.1) is 17.0 Å². The maximum atomic E-state index is 12.4. The molecule has 0 fully saturated rings. The second-order valence-corrected chi connectivity index (χ2v) is 9.32. The third kappa shape index (κ3) is 4.84. The van der Waals surface area contributed by atoms with Crippen molar-refractivity contribution in [2.75, 3.05) is 11.5 Å². The van der Waals surface area contributed by atoms with Crippen LogP contribution in [0.15, 0.2) is 52.7 Å². The van der Waals surface area contributed by atoms with Crippen LogP contribution in [-0.4, -0.2) is 26.1 Å². The minimum absolute atomic E-state index is 0.0315. The summed E-state index contributed by atoms with van der Waals surface area (Å²) in [5.74, 6) is 1.10. The number of hydrogen-bond donors (Lipinski definition) is 2. The van der Waals surface area contributed by atoms with E-state index in [-0.39, 0.29) is 29.1 Å². The number of halogens is 1. The molecule has 1 amide bonds. The molecule has 156 valence electrons. The fourth-order valence-electron chi connectivity index (χ4n) is 2.70. The van der Waals surface area contributed by atoms with Crippen LogP contribution >= 0.6 is 22.9 Å². The zero-order valence-electron chi connectivity index (χ0n) is 15.4. The molecule has 2 heterocycles. The molecule has 0 atom stereocenters. The van der Waals surface area contributed by atoms with Crippen LogP contribution in [0.1, 0.15) is 11.3 Å². The van der Waals surface area contributed by atoms with Crippen molar-refractivity contribution in [3.05, 3.63) is 64.1 Å². The van der Waals surface area contributed by atoms with E-state index < -0.39 is 10.0 Å². The summed E-state index contributed by atoms with van der Waals surface area (Å²) in [5.41, 5.74) is 1.35. The van der Waals surface area contributed by atoms with Crippen LogP contribution in [-0.2, 0) is 27.8 Å². The van der Waals surface area contributed by atoms with Gasteiger partial charge in [-0.1, -0.05) is 17.7 Å². The van der Waals surface area contributed by atoms with E-state index in [1.54, 1.807) is 11.4 Å². The average molecular weight is 466 g/mol. The van der Waals surface area contributed by atoms with Crippen LogP contribution in [0.2, 0.25) is 5.02 Å². The summed E-state index contributed by atoms with van der Waals surface area (Å²) in [6, 6.07) is 11.3. The first-order valence-electron chi connectivity index (χ1n) is 8.77. The monoisotopic (exact) mass is 465 g/mol. The Bertz CT molecular complexity index is 1180. The van der Waals surface area contributed by atoms with Gasteiger partial charge in [0.1, 0.15) is 0 Å². The Hall–Kier alpha value is -2.82. The lowest BCUT2D eigenvalue weighted by atomic mass is 10.2. The standard InChI is InChI=1S/C19H16ClN3O5S2/c20-13-2-4-15(5-3-13)30(25,26)23-19-22-14(10-29-19)8-18(24)21-9-12-1-6-16-17(7-12)28-11-27-16/h1-7,10H,8-9,11H2,(H,21,24)(H,22,23). The normalized spacial score (nSPS) is 12.6. The van der Waals surface area contributed by atoms with E-state index in [2.05, 4.69) is 15.0 Å². The number of amides is 1. The van der Waals surface area contributed by atoms with Gasteiger partial charge in [-0.05, 0) is 42.0 Å². The smallest absolute Gasteiger partial charge is 0.263 e. The van der Waals surface area contributed by atoms with Crippen molar-refractivity contribution in [1.29, 1.82) is 0 Å². The van der Waals surface area contributed by atoms with Crippen LogP contribution < -0.4 is 19.5 Å². The first-order chi connectivity index (χ1) is 14.4. The number of benzene rings is 2. The van der Waals surface area contributed by atoms with E-state index >= 15 is 0 Å². The van der Waals surface area contributed by atoms with E-state index in [4.69, 9.17) is 21.1 Å². The highest BCUT2D eigenvalue weighted by Crippen LogP contribution is 2.32. The molecule has 1 aliphatic heterocycles. The molecule has 0 unspecified atom stereocenters. The molecule has 2 aromatic carbocycles. The molecule has 0 radical (unpaired) electrons. The van der Waals surface area contributed by atoms with Gasteiger partial charge < -0.3 is 14.8 Å². The van der Waals surface area contributed by atoms with E-state index in [1.807, 2.05) is 12.1 Å². The Kier molecular flexibility index (Phi) is 5.80. The van der Waals surface area contributed by atoms with Crippen LogP contribution in [0.3, 0.4) is 0 Å². The summed E-state index contributed by atoms with van der Waals surface area (Å²) >= 11 is 6.89. The molecule has 0 bridgehead atoms. The molecule has 0 saturated heterocycles. The number of carbonyl (C=O) groups excluding carboxylic acids is 1. The lowest BCUT2D eigenvalue weighted by molar-refractivity contribution is -0.120. The summed E-state index contributed by atoms with van der Waals surface area (Å²) < 4.78 is 37.8. The fraction of sp³-hybridized carbons (Fsp3) is 0.158. The van der Waals surface area contributed by atoms with Crippen LogP contribution in [0, 0.1) is 0 Å². The highest BCUT2D eigenvalue weighted by Gasteiger charge is 2.17. The van der Waals surface area contributed by atoms with Gasteiger partial charge >= 0.3 is 0 Å². The Morgan fingerprint density at radius 3 is 2.70 bits per heavy atom. The van der Waals surface area contributed by atoms with Gasteiger partial charge in [0, 0.05) is 16.9 Å². The number of ether oxygens (including phenoxy) is 2. The maximum Gasteiger partial charge on any atom is 0.263 e. The molecule has 1 aromatic heterocycles. The molecule has 0 spiro atoms. The number of anilines is 1. The van der Waals surface area contributed by atoms with Gasteiger partial charge in [-0.15, -0.1) is 11.3 Å². The molecule has 4 rings (SSSR count). The predicted molar refractivity (Wildman–Crippen MR) is 112 cm³/mol. The van der Waals surface area contributed by atoms with Gasteiger partial charge in [0.2, 0.25) is 12.7 Å². The van der Waals surface area contributed by atoms with E-state index in [9.17, 15) is 13.2 Å². The zero-order valence-corrected chi connectivity index (χ0v) is 17.8. The van der Waals surface area contributed by atoms with Crippen molar-refractivity contribution in [1.82, 2.24) is 10.3 Å². The van der Waals surface area contributed by atoms with Crippen molar-refractivity contribution in [2.45, 2.75) is 17.9 Å². The summed E-state index contributed by atoms with van der Waals surface area (Å²) in [4.78, 5) is 16.5. The lowest BCUT2D eigenvalue weighted by Crippen LogP contribution is -2.24. The topological polar surface area (TPSA) is 107 Å². The van der Waals surface area contributed by atoms with Gasteiger partial charge in [0.25, 0.3) is 10.0 Å². The SMILES string of the molecule is O=C(Cc1csc(NS(=O)(=O)c2ccc(Cl)cc2)n1)NCc1ccc2c(c1)OCO2. The summed E-state index contributed by atoms with van der Waals surface area (Å²) in [6.45, 7) is 0.523. The van der Waals surface area contributed by atoms with Crippen molar-refractivity contribution < 1.29 is 22.7 Å². The average Bonchev–Trinajstić information content (AvgIpc) is 3.35. The molecular formula is C19H16ClN3O5S2. The Morgan fingerprint density at radius 1 is 1.13 bits per heavy atom. The number of aromatic nitrogens is 1. The third-order valence-corrected chi connectivity index (χ3v) is 6.71. The Labute approximate surface area is 181 Å². The Balaban J connectivity index is 1.32. The molecule has 2 N–H and O–H groups in total. The van der Waals surface area contributed by atoms with E-state index in [1.165, 1.54) is 24.3 Å². The molecule has 11 heteroatoms. The van der Waals surface area contributed by atoms with Crippen LogP contribution in [0.25, 0.3) is 0 Å². The number of nitrogens with one attached hydrogen (secondary N) is 2. The predicted octanol–water partition coefficient (Wildman–Crippen LogP) is 3.18. The largest absolute Gasteiger partial charge is 0.454 e.